The van der Waals surface area contributed by atoms with Gasteiger partial charge in [0.1, 0.15) is 11.9 Å². The molecule has 5 heterocycles. The number of anilines is 1. The molecule has 4 aliphatic heterocycles. The maximum atomic E-state index is 6.50. The first kappa shape index (κ1) is 15.0. The highest BCUT2D eigenvalue weighted by Gasteiger charge is 2.37. The van der Waals surface area contributed by atoms with Crippen LogP contribution in [0.1, 0.15) is 12.0 Å². The fourth-order valence-electron chi connectivity index (χ4n) is 4.75. The van der Waals surface area contributed by atoms with Crippen LogP contribution in [0.25, 0.3) is 17.8 Å². The zero-order chi connectivity index (χ0) is 18.2. The molecule has 0 spiro atoms. The third-order valence-electron chi connectivity index (χ3n) is 6.05. The predicted octanol–water partition coefficient (Wildman–Crippen LogP) is 2.87. The fraction of sp³-hybridized carbons (Fsp3) is 0.125. The second-order valence-corrected chi connectivity index (χ2v) is 8.60. The Hall–Kier alpha value is -2.98. The summed E-state index contributed by atoms with van der Waals surface area (Å²) in [5.41, 5.74) is 5.15. The van der Waals surface area contributed by atoms with E-state index in [9.17, 15) is 0 Å². The number of benzene rings is 2. The van der Waals surface area contributed by atoms with Gasteiger partial charge in [0, 0.05) is 41.6 Å². The molecule has 3 aromatic rings. The van der Waals surface area contributed by atoms with Crippen LogP contribution >= 0.6 is 11.8 Å². The Kier molecular flexibility index (Phi) is 2.84. The Labute approximate surface area is 166 Å². The summed E-state index contributed by atoms with van der Waals surface area (Å²) in [5.74, 6) is 0.999. The van der Waals surface area contributed by atoms with Gasteiger partial charge in [0.2, 0.25) is 11.0 Å². The van der Waals surface area contributed by atoms with Crippen molar-refractivity contribution in [3.8, 4) is 11.4 Å². The van der Waals surface area contributed by atoms with Crippen molar-refractivity contribution in [2.75, 3.05) is 11.4 Å². The van der Waals surface area contributed by atoms with Crippen molar-refractivity contribution in [1.82, 2.24) is 0 Å². The molecular formula is C24H17N2OS+. The average molecular weight is 381 g/mol. The monoisotopic (exact) mass is 381 g/mol. The molecule has 1 atom stereocenters. The van der Waals surface area contributed by atoms with E-state index >= 15 is 0 Å². The Morgan fingerprint density at radius 2 is 1.89 bits per heavy atom. The van der Waals surface area contributed by atoms with E-state index in [1.54, 1.807) is 0 Å². The molecule has 0 bridgehead atoms. The third-order valence-corrected chi connectivity index (χ3v) is 7.26. The van der Waals surface area contributed by atoms with Crippen molar-refractivity contribution >= 4 is 29.6 Å². The maximum Gasteiger partial charge on any atom is 0.223 e. The number of hydrogen-bond acceptors (Lipinski definition) is 3. The highest BCUT2D eigenvalue weighted by atomic mass is 32.2. The van der Waals surface area contributed by atoms with Crippen LogP contribution in [0.2, 0.25) is 0 Å². The van der Waals surface area contributed by atoms with E-state index < -0.39 is 0 Å². The smallest absolute Gasteiger partial charge is 0.223 e. The maximum absolute atomic E-state index is 6.50. The highest BCUT2D eigenvalue weighted by molar-refractivity contribution is 8.03. The molecule has 1 aromatic heterocycles. The molecular weight excluding hydrogens is 364 g/mol. The molecule has 134 valence electrons. The van der Waals surface area contributed by atoms with Crippen LogP contribution in [0.5, 0.6) is 5.75 Å². The van der Waals surface area contributed by atoms with Crippen molar-refractivity contribution in [2.24, 2.45) is 0 Å². The molecule has 4 aliphatic rings. The Morgan fingerprint density at radius 1 is 1.00 bits per heavy atom. The van der Waals surface area contributed by atoms with E-state index in [2.05, 4.69) is 82.4 Å². The van der Waals surface area contributed by atoms with Gasteiger partial charge in [-0.25, -0.2) is 0 Å². The molecule has 0 amide bonds. The van der Waals surface area contributed by atoms with Crippen molar-refractivity contribution in [3.63, 3.8) is 0 Å². The summed E-state index contributed by atoms with van der Waals surface area (Å²) >= 11 is 1.88. The number of nitrogens with zero attached hydrogens (tertiary/aromatic N) is 2. The lowest BCUT2D eigenvalue weighted by Crippen LogP contribution is -2.54. The number of hydrogen-bond donors (Lipinski definition) is 0. The zero-order valence-corrected chi connectivity index (χ0v) is 15.9. The largest absolute Gasteiger partial charge is 0.484 e. The zero-order valence-electron chi connectivity index (χ0n) is 15.1. The second kappa shape index (κ2) is 5.30. The molecule has 3 nitrogen and oxygen atoms in total. The van der Waals surface area contributed by atoms with Gasteiger partial charge >= 0.3 is 0 Å². The number of thioether (sulfide) groups is 1. The number of rotatable bonds is 0. The van der Waals surface area contributed by atoms with Crippen molar-refractivity contribution < 1.29 is 9.30 Å². The van der Waals surface area contributed by atoms with Gasteiger partial charge in [0.25, 0.3) is 0 Å². The average Bonchev–Trinajstić information content (AvgIpc) is 3.31. The number of fused-ring (bicyclic) bond motifs is 9. The van der Waals surface area contributed by atoms with Gasteiger partial charge in [-0.1, -0.05) is 36.0 Å². The number of pyridine rings is 1. The summed E-state index contributed by atoms with van der Waals surface area (Å²) in [6.45, 7) is 1.01. The van der Waals surface area contributed by atoms with Crippen LogP contribution in [0, 0.1) is 0 Å². The number of ether oxygens (including phenoxy) is 1. The van der Waals surface area contributed by atoms with Gasteiger partial charge in [-0.3, -0.25) is 0 Å². The van der Waals surface area contributed by atoms with Crippen LogP contribution in [0.3, 0.4) is 0 Å². The van der Waals surface area contributed by atoms with Crippen molar-refractivity contribution in [3.05, 3.63) is 87.5 Å². The topological polar surface area (TPSA) is 16.4 Å². The SMILES string of the molecule is C1=c2c(cc[n+]3c2=Cc2ccccc2-3)OC2CCN3C(=C12)Sc1ccccc13. The van der Waals surface area contributed by atoms with E-state index in [1.165, 1.54) is 43.0 Å². The molecule has 4 heteroatoms. The van der Waals surface area contributed by atoms with Gasteiger partial charge in [0.15, 0.2) is 6.20 Å². The quantitative estimate of drug-likeness (QED) is 0.436. The van der Waals surface area contributed by atoms with Gasteiger partial charge in [-0.05, 0) is 24.3 Å². The van der Waals surface area contributed by atoms with Crippen LogP contribution in [0.15, 0.2) is 76.3 Å². The summed E-state index contributed by atoms with van der Waals surface area (Å²) in [4.78, 5) is 3.81. The lowest BCUT2D eigenvalue weighted by molar-refractivity contribution is -0.607. The van der Waals surface area contributed by atoms with Gasteiger partial charge in [-0.2, -0.15) is 4.57 Å². The highest BCUT2D eigenvalue weighted by Crippen LogP contribution is 2.50. The molecule has 2 aromatic carbocycles. The van der Waals surface area contributed by atoms with Crippen molar-refractivity contribution in [2.45, 2.75) is 17.4 Å². The molecule has 0 fully saturated rings. The lowest BCUT2D eigenvalue weighted by atomic mass is 9.99. The molecule has 0 saturated carbocycles. The molecule has 28 heavy (non-hydrogen) atoms. The van der Waals surface area contributed by atoms with Gasteiger partial charge in [-0.15, -0.1) is 0 Å². The van der Waals surface area contributed by atoms with E-state index in [1.807, 2.05) is 11.8 Å². The second-order valence-electron chi connectivity index (χ2n) is 7.57. The first-order valence-corrected chi connectivity index (χ1v) is 10.5. The first-order chi connectivity index (χ1) is 13.9. The number of aromatic nitrogens is 1. The van der Waals surface area contributed by atoms with Crippen LogP contribution < -0.4 is 24.8 Å². The Morgan fingerprint density at radius 3 is 2.89 bits per heavy atom. The Balaban J connectivity index is 1.49. The minimum Gasteiger partial charge on any atom is -0.484 e. The Bertz CT molecular complexity index is 1340. The summed E-state index contributed by atoms with van der Waals surface area (Å²) in [5, 5.41) is 3.74. The predicted molar refractivity (Wildman–Crippen MR) is 111 cm³/mol. The summed E-state index contributed by atoms with van der Waals surface area (Å²) in [6.07, 6.45) is 7.94. The summed E-state index contributed by atoms with van der Waals surface area (Å²) < 4.78 is 8.78. The molecule has 0 saturated heterocycles. The lowest BCUT2D eigenvalue weighted by Gasteiger charge is -2.34. The molecule has 0 N–H and O–H groups in total. The van der Waals surface area contributed by atoms with Gasteiger partial charge < -0.3 is 9.64 Å². The fourth-order valence-corrected chi connectivity index (χ4v) is 5.99. The normalized spacial score (nSPS) is 20.0. The molecule has 0 radical (unpaired) electrons. The van der Waals surface area contributed by atoms with E-state index in [-0.39, 0.29) is 6.10 Å². The van der Waals surface area contributed by atoms with Crippen molar-refractivity contribution in [1.29, 1.82) is 0 Å². The molecule has 7 rings (SSSR count). The summed E-state index contributed by atoms with van der Waals surface area (Å²) in [7, 11) is 0. The standard InChI is InChI=1S/C24H17N2OS/c1-2-6-18-15(5-1)13-20-16-14-17-22(27-21(16)9-11-25(18)20)10-12-26-19-7-3-4-8-23(19)28-24(17)26/h1-9,11,13-14,22H,10,12H2/q+1. The molecule has 1 unspecified atom stereocenters. The van der Waals surface area contributed by atoms with Crippen LogP contribution in [-0.2, 0) is 0 Å². The number of para-hydroxylation sites is 2. The minimum absolute atomic E-state index is 0.146. The van der Waals surface area contributed by atoms with E-state index in [0.717, 1.165) is 18.7 Å². The third kappa shape index (κ3) is 1.88. The van der Waals surface area contributed by atoms with Crippen LogP contribution in [0.4, 0.5) is 5.69 Å². The van der Waals surface area contributed by atoms with Gasteiger partial charge in [0.05, 0.1) is 21.5 Å². The molecule has 0 aliphatic carbocycles. The van der Waals surface area contributed by atoms with E-state index in [4.69, 9.17) is 4.74 Å². The van der Waals surface area contributed by atoms with Crippen LogP contribution in [-0.4, -0.2) is 12.6 Å². The first-order valence-electron chi connectivity index (χ1n) is 9.70. The minimum atomic E-state index is 0.146. The van der Waals surface area contributed by atoms with E-state index in [0.29, 0.717) is 0 Å². The summed E-state index contributed by atoms with van der Waals surface area (Å²) in [6, 6.07) is 19.4.